The van der Waals surface area contributed by atoms with Gasteiger partial charge in [-0.25, -0.2) is 23.5 Å². The molecule has 16 nitrogen and oxygen atoms in total. The van der Waals surface area contributed by atoms with Crippen molar-refractivity contribution in [2.45, 2.75) is 102 Å². The first-order valence-electron chi connectivity index (χ1n) is 23.3. The molecule has 18 heteroatoms. The van der Waals surface area contributed by atoms with Gasteiger partial charge in [0.2, 0.25) is 17.7 Å². The van der Waals surface area contributed by atoms with E-state index in [1.165, 1.54) is 38.1 Å². The Morgan fingerprint density at radius 1 is 0.954 bits per heavy atom. The summed E-state index contributed by atoms with van der Waals surface area (Å²) in [6.07, 6.45) is 12.7. The van der Waals surface area contributed by atoms with Crippen LogP contribution in [-0.4, -0.2) is 95.7 Å². The molecule has 5 aromatic rings. The fourth-order valence-electron chi connectivity index (χ4n) is 10.7. The van der Waals surface area contributed by atoms with Gasteiger partial charge in [-0.15, -0.1) is 0 Å². The number of hydrogen-bond acceptors (Lipinski definition) is 11. The van der Waals surface area contributed by atoms with E-state index in [9.17, 15) is 28.0 Å². The fraction of sp³-hybridized carbons (Fsp3) is 0.553. The Labute approximate surface area is 375 Å². The Balaban J connectivity index is 0.690. The maximum Gasteiger partial charge on any atom is 0.329 e. The number of carbonyl (C=O) groups excluding carboxylic acids is 3. The number of rotatable bonds is 13. The van der Waals surface area contributed by atoms with Crippen molar-refractivity contribution in [1.29, 1.82) is 0 Å². The number of halogens is 2. The number of benzene rings is 1. The standard InChI is InChI=1S/C47H57F2N11O5/c1-56-41-32(3-2-4-36(41)60(46(56)64)37-11-12-39(61)54-44(37)63)26-58-21-16-47(17-22-58)14-19-57(20-15-47)25-30-7-9-33(10-8-30)59-27-34(40(55-59)42(48)49)52-43(62)35-28-65-45(53-35)31-13-18-50-38(23-31)51-24-29-5-6-29/h2-4,13,18,23,27-30,33,37,42H,5-12,14-17,19-22,24-26H2,1H3,(H,50,51)(H,52,62)(H,54,61,63)/t30-,33-,37?. The van der Waals surface area contributed by atoms with Crippen LogP contribution < -0.4 is 21.6 Å². The molecule has 4 aromatic heterocycles. The largest absolute Gasteiger partial charge is 0.444 e. The molecule has 3 amide bonds. The third-order valence-electron chi connectivity index (χ3n) is 14.9. The van der Waals surface area contributed by atoms with Gasteiger partial charge < -0.3 is 20.0 Å². The molecule has 5 fully saturated rings. The van der Waals surface area contributed by atoms with Crippen molar-refractivity contribution < 1.29 is 27.6 Å². The number of anilines is 2. The number of fused-ring (bicyclic) bond motifs is 1. The van der Waals surface area contributed by atoms with E-state index in [0.29, 0.717) is 35.1 Å². The Kier molecular flexibility index (Phi) is 11.9. The van der Waals surface area contributed by atoms with Gasteiger partial charge in [0.15, 0.2) is 11.4 Å². The van der Waals surface area contributed by atoms with E-state index in [1.54, 1.807) is 33.1 Å². The average Bonchev–Trinajstić information content (AvgIpc) is 3.71. The lowest BCUT2D eigenvalue weighted by Gasteiger charge is -2.47. The van der Waals surface area contributed by atoms with Crippen LogP contribution >= 0.6 is 0 Å². The summed E-state index contributed by atoms with van der Waals surface area (Å²) in [6.45, 7) is 6.73. The molecule has 2 aliphatic carbocycles. The molecule has 1 spiro atoms. The molecule has 0 radical (unpaired) electrons. The molecule has 5 aliphatic rings. The minimum absolute atomic E-state index is 0.0200. The van der Waals surface area contributed by atoms with Crippen LogP contribution in [0, 0.1) is 17.3 Å². The summed E-state index contributed by atoms with van der Waals surface area (Å²) >= 11 is 0. The second-order valence-corrected chi connectivity index (χ2v) is 19.2. The van der Waals surface area contributed by atoms with Crippen LogP contribution in [0.2, 0.25) is 0 Å². The molecule has 0 bridgehead atoms. The number of amides is 3. The molecule has 65 heavy (non-hydrogen) atoms. The molecule has 7 heterocycles. The maximum atomic E-state index is 14.2. The van der Waals surface area contributed by atoms with Crippen LogP contribution in [0.15, 0.2) is 58.2 Å². The number of hydrogen-bond donors (Lipinski definition) is 3. The number of imide groups is 1. The fourth-order valence-corrected chi connectivity index (χ4v) is 10.7. The molecule has 10 rings (SSSR count). The predicted octanol–water partition coefficient (Wildman–Crippen LogP) is 6.69. The lowest BCUT2D eigenvalue weighted by atomic mass is 9.71. The number of nitrogens with one attached hydrogen (secondary N) is 3. The molecule has 1 aromatic carbocycles. The van der Waals surface area contributed by atoms with E-state index < -0.39 is 30.0 Å². The minimum Gasteiger partial charge on any atom is -0.444 e. The lowest BCUT2D eigenvalue weighted by molar-refractivity contribution is -0.135. The monoisotopic (exact) mass is 893 g/mol. The molecule has 2 saturated carbocycles. The molecule has 3 aliphatic heterocycles. The zero-order chi connectivity index (χ0) is 44.8. The summed E-state index contributed by atoms with van der Waals surface area (Å²) in [5.74, 6) is 0.755. The van der Waals surface area contributed by atoms with Crippen molar-refractivity contribution >= 4 is 40.3 Å². The highest BCUT2D eigenvalue weighted by atomic mass is 19.3. The number of alkyl halides is 2. The maximum absolute atomic E-state index is 14.2. The highest BCUT2D eigenvalue weighted by molar-refractivity contribution is 6.03. The van der Waals surface area contributed by atoms with Gasteiger partial charge in [0.25, 0.3) is 12.3 Å². The number of para-hydroxylation sites is 1. The number of nitrogens with zero attached hydrogens (tertiary/aromatic N) is 8. The number of likely N-dealkylation sites (tertiary alicyclic amines) is 2. The SMILES string of the molecule is Cn1c(=O)n(C2CCC(=O)NC2=O)c2cccc(CN3CCC4(CC3)CCN(C[C@H]3CC[C@H](n5cc(NC(=O)c6coc(-c7ccnc(NCC8CC8)c7)n6)c(C(F)F)n5)CC3)CC4)c21. The van der Waals surface area contributed by atoms with Crippen LogP contribution in [0.4, 0.5) is 20.3 Å². The number of carbonyl (C=O) groups is 3. The summed E-state index contributed by atoms with van der Waals surface area (Å²) < 4.78 is 38.9. The van der Waals surface area contributed by atoms with Gasteiger partial charge in [-0.2, -0.15) is 5.10 Å². The van der Waals surface area contributed by atoms with Crippen molar-refractivity contribution in [3.05, 3.63) is 76.4 Å². The average molecular weight is 894 g/mol. The summed E-state index contributed by atoms with van der Waals surface area (Å²) in [5.41, 5.74) is 2.87. The molecule has 344 valence electrons. The summed E-state index contributed by atoms with van der Waals surface area (Å²) in [5, 5.41) is 12.6. The van der Waals surface area contributed by atoms with Crippen LogP contribution in [0.5, 0.6) is 0 Å². The van der Waals surface area contributed by atoms with Crippen LogP contribution in [-0.2, 0) is 23.2 Å². The number of imidazole rings is 1. The second-order valence-electron chi connectivity index (χ2n) is 19.2. The molecule has 1 unspecified atom stereocenters. The summed E-state index contributed by atoms with van der Waals surface area (Å²) in [6, 6.07) is 8.74. The zero-order valence-corrected chi connectivity index (χ0v) is 36.8. The van der Waals surface area contributed by atoms with Gasteiger partial charge in [0, 0.05) is 51.1 Å². The van der Waals surface area contributed by atoms with E-state index in [-0.39, 0.29) is 41.3 Å². The molecular formula is C47H57F2N11O5. The minimum atomic E-state index is -2.86. The van der Waals surface area contributed by atoms with Gasteiger partial charge in [-0.3, -0.25) is 38.4 Å². The van der Waals surface area contributed by atoms with E-state index in [1.807, 2.05) is 18.2 Å². The third-order valence-corrected chi connectivity index (χ3v) is 14.9. The Hall–Kier alpha value is -5.75. The first-order chi connectivity index (χ1) is 31.5. The molecule has 3 N–H and O–H groups in total. The number of pyridine rings is 1. The summed E-state index contributed by atoms with van der Waals surface area (Å²) in [7, 11) is 1.76. The van der Waals surface area contributed by atoms with Gasteiger partial charge in [0.05, 0.1) is 22.8 Å². The quantitative estimate of drug-likeness (QED) is 0.107. The Bertz CT molecular complexity index is 2620. The van der Waals surface area contributed by atoms with Crippen molar-refractivity contribution in [3.63, 3.8) is 0 Å². The molecular weight excluding hydrogens is 837 g/mol. The van der Waals surface area contributed by atoms with Crippen LogP contribution in [0.25, 0.3) is 22.5 Å². The van der Waals surface area contributed by atoms with Crippen molar-refractivity contribution in [1.82, 2.24) is 44.0 Å². The topological polar surface area (TPSA) is 177 Å². The van der Waals surface area contributed by atoms with Gasteiger partial charge in [0.1, 0.15) is 18.1 Å². The smallest absolute Gasteiger partial charge is 0.329 e. The highest BCUT2D eigenvalue weighted by Gasteiger charge is 2.39. The van der Waals surface area contributed by atoms with Crippen LogP contribution in [0.1, 0.15) is 117 Å². The summed E-state index contributed by atoms with van der Waals surface area (Å²) in [4.78, 5) is 65.0. The Morgan fingerprint density at radius 2 is 1.69 bits per heavy atom. The third kappa shape index (κ3) is 9.11. The Morgan fingerprint density at radius 3 is 2.42 bits per heavy atom. The number of aryl methyl sites for hydroxylation is 1. The number of oxazole rings is 1. The van der Waals surface area contributed by atoms with E-state index in [0.717, 1.165) is 101 Å². The molecule has 3 saturated heterocycles. The number of piperidine rings is 3. The van der Waals surface area contributed by atoms with E-state index >= 15 is 0 Å². The normalized spacial score (nSPS) is 23.0. The van der Waals surface area contributed by atoms with Crippen LogP contribution in [0.3, 0.4) is 0 Å². The van der Waals surface area contributed by atoms with Crippen molar-refractivity contribution in [3.8, 4) is 11.5 Å². The molecule has 1 atom stereocenters. The lowest BCUT2D eigenvalue weighted by Crippen LogP contribution is -2.47. The van der Waals surface area contributed by atoms with Gasteiger partial charge >= 0.3 is 5.69 Å². The van der Waals surface area contributed by atoms with Gasteiger partial charge in [-0.1, -0.05) is 12.1 Å². The number of aromatic nitrogens is 6. The van der Waals surface area contributed by atoms with Crippen molar-refractivity contribution in [2.75, 3.05) is 49.9 Å². The van der Waals surface area contributed by atoms with Gasteiger partial charge in [-0.05, 0) is 138 Å². The van der Waals surface area contributed by atoms with E-state index in [2.05, 4.69) is 46.9 Å². The zero-order valence-electron chi connectivity index (χ0n) is 36.8. The first-order valence-corrected chi connectivity index (χ1v) is 23.3. The van der Waals surface area contributed by atoms with Crippen molar-refractivity contribution in [2.24, 2.45) is 24.3 Å². The highest BCUT2D eigenvalue weighted by Crippen LogP contribution is 2.43. The second kappa shape index (κ2) is 17.9. The first kappa shape index (κ1) is 43.2. The predicted molar refractivity (Wildman–Crippen MR) is 238 cm³/mol. The van der Waals surface area contributed by atoms with E-state index in [4.69, 9.17) is 4.42 Å².